The predicted octanol–water partition coefficient (Wildman–Crippen LogP) is 0.551. The summed E-state index contributed by atoms with van der Waals surface area (Å²) in [4.78, 5) is 21.1. The molecule has 16 heavy (non-hydrogen) atoms. The monoisotopic (exact) mass is 232 g/mol. The Morgan fingerprint density at radius 2 is 1.75 bits per heavy atom. The van der Waals surface area contributed by atoms with Crippen molar-refractivity contribution in [3.8, 4) is 0 Å². The number of aromatic carboxylic acids is 1. The molecule has 0 bridgehead atoms. The second-order valence-corrected chi connectivity index (χ2v) is 2.78. The Kier molecular flexibility index (Phi) is 3.17. The fourth-order valence-corrected chi connectivity index (χ4v) is 0.963. The quantitative estimate of drug-likeness (QED) is 0.809. The Morgan fingerprint density at radius 3 is 2.25 bits per heavy atom. The molecule has 1 aromatic rings. The maximum Gasteiger partial charge on any atom is 0.471 e. The summed E-state index contributed by atoms with van der Waals surface area (Å²) in [6, 6.07) is 4.66. The van der Waals surface area contributed by atoms with E-state index in [2.05, 4.69) is 0 Å². The lowest BCUT2D eigenvalue weighted by Gasteiger charge is -2.12. The van der Waals surface area contributed by atoms with Crippen molar-refractivity contribution in [1.82, 2.24) is 0 Å². The molecule has 0 unspecified atom stereocenters. The van der Waals surface area contributed by atoms with Crippen LogP contribution >= 0.6 is 0 Å². The van der Waals surface area contributed by atoms with Gasteiger partial charge in [-0.05, 0) is 6.07 Å². The number of alkyl halides is 3. The number of amides is 1. The van der Waals surface area contributed by atoms with Crippen molar-refractivity contribution in [3.05, 3.63) is 29.8 Å². The Labute approximate surface area is 87.7 Å². The van der Waals surface area contributed by atoms with E-state index in [1.807, 2.05) is 0 Å². The molecule has 1 amide bonds. The van der Waals surface area contributed by atoms with Gasteiger partial charge in [-0.2, -0.15) is 13.2 Å². The first kappa shape index (κ1) is 12.0. The van der Waals surface area contributed by atoms with E-state index in [-0.39, 0.29) is 0 Å². The normalized spacial score (nSPS) is 10.9. The first-order valence-corrected chi connectivity index (χ1v) is 4.01. The highest BCUT2D eigenvalue weighted by Crippen LogP contribution is 2.20. The minimum absolute atomic E-state index is 0.454. The van der Waals surface area contributed by atoms with E-state index in [4.69, 9.17) is 0 Å². The number of carboxylic acid groups (broad SMARTS) is 1. The van der Waals surface area contributed by atoms with E-state index >= 15 is 0 Å². The van der Waals surface area contributed by atoms with Gasteiger partial charge in [-0.15, -0.1) is 0 Å². The Hall–Kier alpha value is -2.05. The zero-order valence-electron chi connectivity index (χ0n) is 7.67. The summed E-state index contributed by atoms with van der Waals surface area (Å²) < 4.78 is 35.7. The number of hydrogen-bond acceptors (Lipinski definition) is 3. The average molecular weight is 232 g/mol. The van der Waals surface area contributed by atoms with Crippen LogP contribution in [0.25, 0.3) is 0 Å². The van der Waals surface area contributed by atoms with Crippen LogP contribution in [-0.4, -0.2) is 18.1 Å². The summed E-state index contributed by atoms with van der Waals surface area (Å²) in [5.41, 5.74) is -0.968. The molecule has 0 saturated carbocycles. The second kappa shape index (κ2) is 4.21. The highest BCUT2D eigenvalue weighted by atomic mass is 19.4. The van der Waals surface area contributed by atoms with E-state index < -0.39 is 29.3 Å². The maximum atomic E-state index is 11.9. The topological polar surface area (TPSA) is 69.2 Å². The molecule has 0 atom stereocenters. The molecule has 0 heterocycles. The lowest BCUT2D eigenvalue weighted by Crippen LogP contribution is -2.31. The lowest BCUT2D eigenvalue weighted by molar-refractivity contribution is -0.254. The molecule has 1 N–H and O–H groups in total. The number of rotatable bonds is 2. The number of carbonyl (C=O) groups excluding carboxylic acids is 2. The van der Waals surface area contributed by atoms with Gasteiger partial charge in [-0.25, -0.2) is 0 Å². The first-order chi connectivity index (χ1) is 7.32. The van der Waals surface area contributed by atoms with Crippen molar-refractivity contribution >= 4 is 17.6 Å². The molecule has 1 rings (SSSR count). The zero-order valence-corrected chi connectivity index (χ0v) is 7.67. The van der Waals surface area contributed by atoms with Gasteiger partial charge < -0.3 is 15.2 Å². The van der Waals surface area contributed by atoms with Gasteiger partial charge in [0, 0.05) is 5.56 Å². The highest BCUT2D eigenvalue weighted by Gasteiger charge is 2.38. The van der Waals surface area contributed by atoms with Gasteiger partial charge >= 0.3 is 12.1 Å². The van der Waals surface area contributed by atoms with Crippen LogP contribution in [0, 0.1) is 0 Å². The van der Waals surface area contributed by atoms with Crippen LogP contribution in [0.1, 0.15) is 10.4 Å². The van der Waals surface area contributed by atoms with Gasteiger partial charge in [0.25, 0.3) is 0 Å². The summed E-state index contributed by atoms with van der Waals surface area (Å²) in [7, 11) is 0. The van der Waals surface area contributed by atoms with Crippen LogP contribution in [0.5, 0.6) is 0 Å². The number of para-hydroxylation sites is 1. The number of benzene rings is 1. The molecule has 0 radical (unpaired) electrons. The molecular weight excluding hydrogens is 227 g/mol. The van der Waals surface area contributed by atoms with Crippen molar-refractivity contribution in [2.75, 3.05) is 5.32 Å². The smallest absolute Gasteiger partial charge is 0.471 e. The summed E-state index contributed by atoms with van der Waals surface area (Å²) >= 11 is 0. The fourth-order valence-electron chi connectivity index (χ4n) is 0.963. The SMILES string of the molecule is O=C([O-])c1ccccc1NC(=O)C(F)(F)F. The van der Waals surface area contributed by atoms with Gasteiger partial charge in [-0.3, -0.25) is 4.79 Å². The van der Waals surface area contributed by atoms with Gasteiger partial charge in [0.15, 0.2) is 0 Å². The first-order valence-electron chi connectivity index (χ1n) is 4.01. The molecule has 0 saturated heterocycles. The Morgan fingerprint density at radius 1 is 1.19 bits per heavy atom. The summed E-state index contributed by atoms with van der Waals surface area (Å²) in [6.45, 7) is 0. The number of carboxylic acids is 1. The number of carbonyl (C=O) groups is 2. The highest BCUT2D eigenvalue weighted by molar-refractivity contribution is 6.01. The molecule has 86 valence electrons. The largest absolute Gasteiger partial charge is 0.545 e. The van der Waals surface area contributed by atoms with E-state index in [0.717, 1.165) is 12.1 Å². The molecule has 7 heteroatoms. The number of hydrogen-bond donors (Lipinski definition) is 1. The van der Waals surface area contributed by atoms with E-state index in [1.165, 1.54) is 17.4 Å². The van der Waals surface area contributed by atoms with Gasteiger partial charge in [0.1, 0.15) is 0 Å². The molecule has 0 aromatic heterocycles. The summed E-state index contributed by atoms with van der Waals surface area (Å²) in [5, 5.41) is 12.0. The van der Waals surface area contributed by atoms with Crippen molar-refractivity contribution < 1.29 is 27.9 Å². The van der Waals surface area contributed by atoms with E-state index in [0.29, 0.717) is 0 Å². The minimum atomic E-state index is -5.07. The van der Waals surface area contributed by atoms with Crippen LogP contribution in [0.3, 0.4) is 0 Å². The van der Waals surface area contributed by atoms with Gasteiger partial charge in [0.05, 0.1) is 11.7 Å². The van der Waals surface area contributed by atoms with Crippen molar-refractivity contribution in [3.63, 3.8) is 0 Å². The molecule has 0 spiro atoms. The standard InChI is InChI=1S/C9H6F3NO3/c10-9(11,12)8(16)13-6-4-2-1-3-5(6)7(14)15/h1-4H,(H,13,16)(H,14,15)/p-1. The van der Waals surface area contributed by atoms with Crippen LogP contribution in [0.15, 0.2) is 24.3 Å². The van der Waals surface area contributed by atoms with E-state index in [1.54, 1.807) is 0 Å². The summed E-state index contributed by atoms with van der Waals surface area (Å²) in [6.07, 6.45) is -5.07. The van der Waals surface area contributed by atoms with Gasteiger partial charge in [-0.1, -0.05) is 18.2 Å². The molecule has 4 nitrogen and oxygen atoms in total. The zero-order chi connectivity index (χ0) is 12.3. The minimum Gasteiger partial charge on any atom is -0.545 e. The van der Waals surface area contributed by atoms with Crippen LogP contribution in [0.2, 0.25) is 0 Å². The lowest BCUT2D eigenvalue weighted by atomic mass is 10.2. The average Bonchev–Trinajstić information content (AvgIpc) is 2.16. The van der Waals surface area contributed by atoms with Crippen molar-refractivity contribution in [2.45, 2.75) is 6.18 Å². The molecule has 0 fully saturated rings. The molecular formula is C9H5F3NO3-. The fraction of sp³-hybridized carbons (Fsp3) is 0.111. The second-order valence-electron chi connectivity index (χ2n) is 2.78. The van der Waals surface area contributed by atoms with Crippen LogP contribution in [-0.2, 0) is 4.79 Å². The third-order valence-corrected chi connectivity index (χ3v) is 1.65. The maximum absolute atomic E-state index is 11.9. The molecule has 0 aliphatic heterocycles. The van der Waals surface area contributed by atoms with Crippen LogP contribution < -0.4 is 10.4 Å². The molecule has 0 aliphatic rings. The predicted molar refractivity (Wildman–Crippen MR) is 45.5 cm³/mol. The Bertz CT molecular complexity index is 428. The molecule has 0 aliphatic carbocycles. The number of halogens is 3. The molecule has 1 aromatic carbocycles. The number of anilines is 1. The van der Waals surface area contributed by atoms with Crippen molar-refractivity contribution in [1.29, 1.82) is 0 Å². The van der Waals surface area contributed by atoms with Gasteiger partial charge in [0.2, 0.25) is 0 Å². The third-order valence-electron chi connectivity index (χ3n) is 1.65. The van der Waals surface area contributed by atoms with Crippen LogP contribution in [0.4, 0.5) is 18.9 Å². The van der Waals surface area contributed by atoms with Crippen molar-refractivity contribution in [2.24, 2.45) is 0 Å². The third kappa shape index (κ3) is 2.72. The Balaban J connectivity index is 2.98. The summed E-state index contributed by atoms with van der Waals surface area (Å²) in [5.74, 6) is -3.90. The number of nitrogens with one attached hydrogen (secondary N) is 1. The van der Waals surface area contributed by atoms with E-state index in [9.17, 15) is 27.9 Å².